The summed E-state index contributed by atoms with van der Waals surface area (Å²) >= 11 is 0. The predicted molar refractivity (Wildman–Crippen MR) is 161 cm³/mol. The van der Waals surface area contributed by atoms with Gasteiger partial charge >= 0.3 is 5.69 Å². The van der Waals surface area contributed by atoms with Crippen LogP contribution in [0.1, 0.15) is 47.5 Å². The van der Waals surface area contributed by atoms with Crippen LogP contribution in [0.2, 0.25) is 0 Å². The van der Waals surface area contributed by atoms with E-state index < -0.39 is 4.92 Å². The molecule has 0 spiro atoms. The molecule has 0 aromatic heterocycles. The summed E-state index contributed by atoms with van der Waals surface area (Å²) in [6.45, 7) is 13.0. The molecule has 0 N–H and O–H groups in total. The molecule has 226 valence electrons. The summed E-state index contributed by atoms with van der Waals surface area (Å²) in [6, 6.07) is 12.9. The molecule has 41 heavy (non-hydrogen) atoms. The summed E-state index contributed by atoms with van der Waals surface area (Å²) < 4.78 is 17.3. The lowest BCUT2D eigenvalue weighted by atomic mass is 10.1. The third kappa shape index (κ3) is 9.24. The maximum absolute atomic E-state index is 12.9. The number of nitro groups is 1. The quantitative estimate of drug-likeness (QED) is 0.252. The Morgan fingerprint density at radius 1 is 0.976 bits per heavy atom. The van der Waals surface area contributed by atoms with Crippen LogP contribution in [-0.2, 0) is 4.79 Å². The van der Waals surface area contributed by atoms with Crippen LogP contribution in [0.3, 0.4) is 0 Å². The number of piperidine rings is 1. The van der Waals surface area contributed by atoms with E-state index in [4.69, 9.17) is 14.2 Å². The summed E-state index contributed by atoms with van der Waals surface area (Å²) in [5.74, 6) is 2.36. The van der Waals surface area contributed by atoms with Gasteiger partial charge in [-0.05, 0) is 43.2 Å². The molecule has 0 atom stereocenters. The average molecular weight is 571 g/mol. The van der Waals surface area contributed by atoms with Crippen LogP contribution < -0.4 is 19.1 Å². The number of hydrogen-bond acceptors (Lipinski definition) is 8. The van der Waals surface area contributed by atoms with Gasteiger partial charge in [0.25, 0.3) is 0 Å². The highest BCUT2D eigenvalue weighted by Crippen LogP contribution is 2.32. The standard InChI is InChI=1S/C30H42N4O6.CH4/c1-4-38-29-21-27(9-10-28(29)34(36)37)40-26-11-15-33(16-12-26)30(35)13-14-31-17-19-32(20-18-31)24-5-7-25(8-6-24)39-22-23(2)3;/h5-10,21,23,26H,4,11-20,22H2,1-3H3;1H4. The molecule has 2 aliphatic rings. The molecule has 2 saturated heterocycles. The number of rotatable bonds is 12. The zero-order valence-corrected chi connectivity index (χ0v) is 23.9. The van der Waals surface area contributed by atoms with E-state index in [0.29, 0.717) is 37.8 Å². The zero-order valence-electron chi connectivity index (χ0n) is 23.9. The van der Waals surface area contributed by atoms with Crippen molar-refractivity contribution >= 4 is 17.3 Å². The van der Waals surface area contributed by atoms with Crippen molar-refractivity contribution in [3.63, 3.8) is 0 Å². The van der Waals surface area contributed by atoms with Crippen molar-refractivity contribution in [2.75, 3.05) is 63.9 Å². The second-order valence-corrected chi connectivity index (χ2v) is 10.8. The summed E-state index contributed by atoms with van der Waals surface area (Å²) in [5.41, 5.74) is 1.14. The van der Waals surface area contributed by atoms with Crippen LogP contribution in [0.4, 0.5) is 11.4 Å². The molecule has 2 fully saturated rings. The minimum atomic E-state index is -0.457. The number of ether oxygens (including phenoxy) is 3. The molecule has 10 nitrogen and oxygen atoms in total. The van der Waals surface area contributed by atoms with Crippen molar-refractivity contribution in [2.45, 2.75) is 53.6 Å². The van der Waals surface area contributed by atoms with Gasteiger partial charge in [0.2, 0.25) is 11.7 Å². The Morgan fingerprint density at radius 3 is 2.24 bits per heavy atom. The largest absolute Gasteiger partial charge is 0.493 e. The van der Waals surface area contributed by atoms with E-state index >= 15 is 0 Å². The van der Waals surface area contributed by atoms with Gasteiger partial charge in [0, 0.05) is 82.9 Å². The molecule has 2 aromatic carbocycles. The molecule has 2 aromatic rings. The Bertz CT molecular complexity index is 1110. The molecule has 2 aliphatic heterocycles. The van der Waals surface area contributed by atoms with E-state index in [1.54, 1.807) is 19.1 Å². The lowest BCUT2D eigenvalue weighted by Gasteiger charge is -2.37. The first-order chi connectivity index (χ1) is 19.3. The van der Waals surface area contributed by atoms with Crippen molar-refractivity contribution in [3.8, 4) is 17.2 Å². The molecule has 1 amide bonds. The Labute approximate surface area is 244 Å². The summed E-state index contributed by atoms with van der Waals surface area (Å²) in [5, 5.41) is 11.2. The normalized spacial score (nSPS) is 16.3. The minimum Gasteiger partial charge on any atom is -0.493 e. The number of nitro benzene ring substituents is 1. The number of carbonyl (C=O) groups is 1. The lowest BCUT2D eigenvalue weighted by Crippen LogP contribution is -2.48. The fraction of sp³-hybridized carbons (Fsp3) is 0.581. The number of likely N-dealkylation sites (tertiary alicyclic amines) is 1. The van der Waals surface area contributed by atoms with Gasteiger partial charge < -0.3 is 24.0 Å². The maximum atomic E-state index is 12.9. The van der Waals surface area contributed by atoms with E-state index in [1.807, 2.05) is 17.0 Å². The number of piperazine rings is 1. The van der Waals surface area contributed by atoms with Gasteiger partial charge in [-0.3, -0.25) is 19.8 Å². The highest BCUT2D eigenvalue weighted by molar-refractivity contribution is 5.76. The van der Waals surface area contributed by atoms with Crippen molar-refractivity contribution in [3.05, 3.63) is 52.6 Å². The molecule has 0 bridgehead atoms. The molecule has 4 rings (SSSR count). The van der Waals surface area contributed by atoms with Gasteiger partial charge in [0.05, 0.1) is 18.1 Å². The molecular formula is C31H46N4O6. The first-order valence-corrected chi connectivity index (χ1v) is 14.4. The molecule has 0 unspecified atom stereocenters. The molecule has 0 saturated carbocycles. The van der Waals surface area contributed by atoms with Crippen LogP contribution in [0.25, 0.3) is 0 Å². The van der Waals surface area contributed by atoms with Crippen molar-refractivity contribution in [1.29, 1.82) is 0 Å². The van der Waals surface area contributed by atoms with Gasteiger partial charge in [-0.15, -0.1) is 0 Å². The van der Waals surface area contributed by atoms with Crippen LogP contribution in [0.15, 0.2) is 42.5 Å². The van der Waals surface area contributed by atoms with Gasteiger partial charge in [0.1, 0.15) is 17.6 Å². The third-order valence-electron chi connectivity index (χ3n) is 7.32. The van der Waals surface area contributed by atoms with E-state index in [1.165, 1.54) is 11.8 Å². The zero-order chi connectivity index (χ0) is 28.5. The fourth-order valence-electron chi connectivity index (χ4n) is 5.06. The molecule has 0 radical (unpaired) electrons. The van der Waals surface area contributed by atoms with Crippen molar-refractivity contribution in [2.24, 2.45) is 5.92 Å². The van der Waals surface area contributed by atoms with E-state index in [2.05, 4.69) is 35.8 Å². The van der Waals surface area contributed by atoms with Gasteiger partial charge in [-0.2, -0.15) is 0 Å². The number of benzene rings is 2. The minimum absolute atomic E-state index is 0. The predicted octanol–water partition coefficient (Wildman–Crippen LogP) is 5.25. The average Bonchev–Trinajstić information content (AvgIpc) is 2.96. The van der Waals surface area contributed by atoms with Crippen LogP contribution >= 0.6 is 0 Å². The Morgan fingerprint density at radius 2 is 1.63 bits per heavy atom. The lowest BCUT2D eigenvalue weighted by molar-refractivity contribution is -0.385. The Kier molecular flexibility index (Phi) is 12.1. The Balaban J connectivity index is 0.00000462. The summed E-state index contributed by atoms with van der Waals surface area (Å²) in [7, 11) is 0. The van der Waals surface area contributed by atoms with Gasteiger partial charge in [0.15, 0.2) is 0 Å². The third-order valence-corrected chi connectivity index (χ3v) is 7.32. The second-order valence-electron chi connectivity index (χ2n) is 10.8. The number of amides is 1. The number of carbonyl (C=O) groups excluding carboxylic acids is 1. The van der Waals surface area contributed by atoms with Crippen molar-refractivity contribution in [1.82, 2.24) is 9.80 Å². The number of anilines is 1. The molecule has 10 heteroatoms. The first kappa shape index (κ1) is 32.0. The SMILES string of the molecule is C.CCOc1cc(OC2CCN(C(=O)CCN3CCN(c4ccc(OCC(C)C)cc4)CC3)CC2)ccc1[N+](=O)[O-]. The molecule has 0 aliphatic carbocycles. The maximum Gasteiger partial charge on any atom is 0.311 e. The van der Waals surface area contributed by atoms with Crippen LogP contribution in [-0.4, -0.2) is 85.8 Å². The monoisotopic (exact) mass is 570 g/mol. The topological polar surface area (TPSA) is 97.6 Å². The molecule has 2 heterocycles. The smallest absolute Gasteiger partial charge is 0.311 e. The molecular weight excluding hydrogens is 524 g/mol. The Hall–Kier alpha value is -3.53. The van der Waals surface area contributed by atoms with E-state index in [9.17, 15) is 14.9 Å². The van der Waals surface area contributed by atoms with Crippen LogP contribution in [0.5, 0.6) is 17.2 Å². The van der Waals surface area contributed by atoms with Crippen molar-refractivity contribution < 1.29 is 23.9 Å². The van der Waals surface area contributed by atoms with E-state index in [-0.39, 0.29) is 30.9 Å². The van der Waals surface area contributed by atoms with Gasteiger partial charge in [-0.1, -0.05) is 21.3 Å². The number of hydrogen-bond donors (Lipinski definition) is 0. The highest BCUT2D eigenvalue weighted by atomic mass is 16.6. The summed E-state index contributed by atoms with van der Waals surface area (Å²) in [6.07, 6.45) is 1.94. The first-order valence-electron chi connectivity index (χ1n) is 14.4. The van der Waals surface area contributed by atoms with Crippen LogP contribution in [0, 0.1) is 16.0 Å². The summed E-state index contributed by atoms with van der Waals surface area (Å²) in [4.78, 5) is 30.3. The highest BCUT2D eigenvalue weighted by Gasteiger charge is 2.26. The van der Waals surface area contributed by atoms with E-state index in [0.717, 1.165) is 57.9 Å². The number of nitrogens with zero attached hydrogens (tertiary/aromatic N) is 4. The van der Waals surface area contributed by atoms with Gasteiger partial charge in [-0.25, -0.2) is 0 Å². The second kappa shape index (κ2) is 15.5. The fourth-order valence-corrected chi connectivity index (χ4v) is 5.06.